The van der Waals surface area contributed by atoms with Gasteiger partial charge < -0.3 is 19.3 Å². The maximum absolute atomic E-state index is 12.3. The lowest BCUT2D eigenvalue weighted by molar-refractivity contribution is 0.204. The van der Waals surface area contributed by atoms with E-state index in [1.54, 1.807) is 12.1 Å². The maximum atomic E-state index is 12.3. The van der Waals surface area contributed by atoms with Gasteiger partial charge in [-0.1, -0.05) is 36.4 Å². The zero-order valence-corrected chi connectivity index (χ0v) is 17.6. The number of para-hydroxylation sites is 2. The molecule has 31 heavy (non-hydrogen) atoms. The van der Waals surface area contributed by atoms with E-state index < -0.39 is 6.09 Å². The van der Waals surface area contributed by atoms with Crippen LogP contribution in [0.15, 0.2) is 85.1 Å². The molecule has 0 aliphatic heterocycles. The van der Waals surface area contributed by atoms with Crippen LogP contribution in [0.2, 0.25) is 0 Å². The number of anilines is 2. The first-order valence-electron chi connectivity index (χ1n) is 10.1. The van der Waals surface area contributed by atoms with Gasteiger partial charge in [0.2, 0.25) is 0 Å². The summed E-state index contributed by atoms with van der Waals surface area (Å²) >= 11 is 0. The molecule has 4 rings (SSSR count). The minimum Gasteiger partial charge on any atom is -0.464 e. The minimum atomic E-state index is -1.07. The number of nitrogens with zero attached hydrogens (tertiary/aromatic N) is 3. The number of ether oxygens (including phenoxy) is 1. The quantitative estimate of drug-likeness (QED) is 0.414. The van der Waals surface area contributed by atoms with Crippen LogP contribution in [0, 0.1) is 0 Å². The number of carbonyl (C=O) groups is 1. The van der Waals surface area contributed by atoms with Gasteiger partial charge in [0, 0.05) is 24.7 Å². The van der Waals surface area contributed by atoms with Gasteiger partial charge in [-0.15, -0.1) is 0 Å². The Balaban J connectivity index is 1.87. The Morgan fingerprint density at radius 2 is 1.61 bits per heavy atom. The highest BCUT2D eigenvalue weighted by Gasteiger charge is 2.24. The van der Waals surface area contributed by atoms with E-state index in [9.17, 15) is 9.90 Å². The summed E-state index contributed by atoms with van der Waals surface area (Å²) in [6, 6.07) is 24.2. The third kappa shape index (κ3) is 4.39. The Labute approximate surface area is 181 Å². The third-order valence-electron chi connectivity index (χ3n) is 5.08. The molecule has 4 aromatic rings. The molecule has 1 aromatic heterocycles. The van der Waals surface area contributed by atoms with E-state index >= 15 is 0 Å². The SMILES string of the molecule is CN(C)CCn1ccc2c(Oc3ccccc3)c(N(C(=O)O)c3ccccc3)ccc21. The number of benzene rings is 3. The summed E-state index contributed by atoms with van der Waals surface area (Å²) < 4.78 is 8.44. The van der Waals surface area contributed by atoms with Crippen molar-refractivity contribution in [2.45, 2.75) is 6.54 Å². The summed E-state index contributed by atoms with van der Waals surface area (Å²) in [7, 11) is 4.08. The van der Waals surface area contributed by atoms with Crippen molar-refractivity contribution in [3.63, 3.8) is 0 Å². The number of hydrogen-bond donors (Lipinski definition) is 1. The average Bonchev–Trinajstić information content (AvgIpc) is 3.18. The molecule has 1 N–H and O–H groups in total. The van der Waals surface area contributed by atoms with Crippen LogP contribution in [0.5, 0.6) is 11.5 Å². The fourth-order valence-electron chi connectivity index (χ4n) is 3.56. The summed E-state index contributed by atoms with van der Waals surface area (Å²) in [5.41, 5.74) is 2.02. The molecule has 0 aliphatic carbocycles. The smallest absolute Gasteiger partial charge is 0.416 e. The van der Waals surface area contributed by atoms with Crippen LogP contribution < -0.4 is 9.64 Å². The molecule has 0 unspecified atom stereocenters. The molecule has 6 heteroatoms. The summed E-state index contributed by atoms with van der Waals surface area (Å²) in [5.74, 6) is 1.16. The van der Waals surface area contributed by atoms with Gasteiger partial charge >= 0.3 is 6.09 Å². The van der Waals surface area contributed by atoms with Crippen LogP contribution in [-0.2, 0) is 6.54 Å². The topological polar surface area (TPSA) is 57.9 Å². The standard InChI is InChI=1S/C25H25N3O3/c1-26(2)17-18-27-16-15-21-22(27)13-14-23(24(21)31-20-11-7-4-8-12-20)28(25(29)30)19-9-5-3-6-10-19/h3-16H,17-18H2,1-2H3,(H,29,30). The number of amides is 1. The van der Waals surface area contributed by atoms with E-state index in [0.717, 1.165) is 24.0 Å². The monoisotopic (exact) mass is 415 g/mol. The molecular weight excluding hydrogens is 390 g/mol. The highest BCUT2D eigenvalue weighted by atomic mass is 16.5. The Hall–Kier alpha value is -3.77. The first kappa shape index (κ1) is 20.5. The van der Waals surface area contributed by atoms with Gasteiger partial charge in [0.1, 0.15) is 5.75 Å². The lowest BCUT2D eigenvalue weighted by Crippen LogP contribution is -2.24. The van der Waals surface area contributed by atoms with Crippen molar-refractivity contribution in [1.29, 1.82) is 0 Å². The molecule has 0 spiro atoms. The lowest BCUT2D eigenvalue weighted by atomic mass is 10.1. The van der Waals surface area contributed by atoms with Crippen LogP contribution in [-0.4, -0.2) is 41.3 Å². The highest BCUT2D eigenvalue weighted by Crippen LogP contribution is 2.42. The number of likely N-dealkylation sites (N-methyl/N-ethyl adjacent to an activating group) is 1. The Kier molecular flexibility index (Phi) is 5.91. The van der Waals surface area contributed by atoms with Crippen molar-refractivity contribution >= 4 is 28.4 Å². The third-order valence-corrected chi connectivity index (χ3v) is 5.08. The fraction of sp³-hybridized carbons (Fsp3) is 0.160. The summed E-state index contributed by atoms with van der Waals surface area (Å²) in [6.07, 6.45) is 0.944. The van der Waals surface area contributed by atoms with E-state index in [4.69, 9.17) is 4.74 Å². The molecule has 0 radical (unpaired) electrons. The largest absolute Gasteiger partial charge is 0.464 e. The van der Waals surface area contributed by atoms with Crippen molar-refractivity contribution in [2.75, 3.05) is 25.5 Å². The number of aromatic nitrogens is 1. The molecule has 1 heterocycles. The van der Waals surface area contributed by atoms with Crippen LogP contribution in [0.4, 0.5) is 16.2 Å². The van der Waals surface area contributed by atoms with Crippen LogP contribution in [0.1, 0.15) is 0 Å². The van der Waals surface area contributed by atoms with E-state index in [1.807, 2.05) is 87.0 Å². The van der Waals surface area contributed by atoms with Gasteiger partial charge in [-0.25, -0.2) is 9.69 Å². The highest BCUT2D eigenvalue weighted by molar-refractivity contribution is 6.02. The number of rotatable bonds is 7. The second kappa shape index (κ2) is 8.93. The molecule has 158 valence electrons. The van der Waals surface area contributed by atoms with Gasteiger partial charge in [0.25, 0.3) is 0 Å². The van der Waals surface area contributed by atoms with Crippen molar-refractivity contribution in [1.82, 2.24) is 9.47 Å². The van der Waals surface area contributed by atoms with Gasteiger partial charge in [-0.05, 0) is 56.6 Å². The molecule has 0 bridgehead atoms. The molecule has 1 amide bonds. The average molecular weight is 415 g/mol. The molecule has 0 fully saturated rings. The number of fused-ring (bicyclic) bond motifs is 1. The van der Waals surface area contributed by atoms with Gasteiger partial charge in [0.15, 0.2) is 5.75 Å². The zero-order chi connectivity index (χ0) is 21.8. The number of hydrogen-bond acceptors (Lipinski definition) is 3. The van der Waals surface area contributed by atoms with E-state index in [-0.39, 0.29) is 0 Å². The van der Waals surface area contributed by atoms with E-state index in [0.29, 0.717) is 22.9 Å². The number of carboxylic acid groups (broad SMARTS) is 1. The first-order chi connectivity index (χ1) is 15.0. The summed E-state index contributed by atoms with van der Waals surface area (Å²) in [6.45, 7) is 1.72. The Morgan fingerprint density at radius 1 is 0.935 bits per heavy atom. The summed E-state index contributed by atoms with van der Waals surface area (Å²) in [4.78, 5) is 15.7. The first-order valence-corrected chi connectivity index (χ1v) is 10.1. The van der Waals surface area contributed by atoms with Gasteiger partial charge in [-0.2, -0.15) is 0 Å². The fourth-order valence-corrected chi connectivity index (χ4v) is 3.56. The molecule has 0 saturated heterocycles. The molecular formula is C25H25N3O3. The van der Waals surface area contributed by atoms with Crippen molar-refractivity contribution in [3.05, 3.63) is 85.1 Å². The van der Waals surface area contributed by atoms with E-state index in [2.05, 4.69) is 9.47 Å². The summed E-state index contributed by atoms with van der Waals surface area (Å²) in [5, 5.41) is 10.9. The van der Waals surface area contributed by atoms with Crippen molar-refractivity contribution in [3.8, 4) is 11.5 Å². The molecule has 0 saturated carbocycles. The lowest BCUT2D eigenvalue weighted by Gasteiger charge is -2.23. The van der Waals surface area contributed by atoms with Crippen molar-refractivity contribution in [2.24, 2.45) is 0 Å². The molecule has 0 aliphatic rings. The Bertz CT molecular complexity index is 1170. The van der Waals surface area contributed by atoms with Crippen LogP contribution >= 0.6 is 0 Å². The Morgan fingerprint density at radius 3 is 2.26 bits per heavy atom. The second-order valence-electron chi connectivity index (χ2n) is 7.53. The molecule has 3 aromatic carbocycles. The van der Waals surface area contributed by atoms with Gasteiger partial charge in [0.05, 0.1) is 16.9 Å². The van der Waals surface area contributed by atoms with Crippen LogP contribution in [0.25, 0.3) is 10.9 Å². The van der Waals surface area contributed by atoms with Crippen molar-refractivity contribution < 1.29 is 14.6 Å². The van der Waals surface area contributed by atoms with Gasteiger partial charge in [-0.3, -0.25) is 0 Å². The predicted molar refractivity (Wildman–Crippen MR) is 124 cm³/mol. The normalized spacial score (nSPS) is 11.1. The minimum absolute atomic E-state index is 0.473. The predicted octanol–water partition coefficient (Wildman–Crippen LogP) is 5.81. The van der Waals surface area contributed by atoms with Crippen LogP contribution in [0.3, 0.4) is 0 Å². The zero-order valence-electron chi connectivity index (χ0n) is 17.6. The maximum Gasteiger partial charge on any atom is 0.416 e. The second-order valence-corrected chi connectivity index (χ2v) is 7.53. The molecule has 0 atom stereocenters. The molecule has 6 nitrogen and oxygen atoms in total. The van der Waals surface area contributed by atoms with E-state index in [1.165, 1.54) is 4.90 Å².